The molecule has 0 unspecified atom stereocenters. The van der Waals surface area contributed by atoms with E-state index in [1.165, 1.54) is 12.1 Å². The van der Waals surface area contributed by atoms with Crippen molar-refractivity contribution in [2.75, 3.05) is 11.9 Å². The second kappa shape index (κ2) is 4.58. The van der Waals surface area contributed by atoms with E-state index < -0.39 is 11.7 Å². The molecular weight excluding hydrogens is 207 g/mol. The molecule has 0 spiro atoms. The van der Waals surface area contributed by atoms with Crippen molar-refractivity contribution in [1.82, 2.24) is 0 Å². The molecular formula is C9H6ClFN2O. The first-order valence-electron chi connectivity index (χ1n) is 3.71. The number of amides is 1. The smallest absolute Gasteiger partial charge is 0.304 e. The molecule has 1 amide bonds. The van der Waals surface area contributed by atoms with Gasteiger partial charge in [0.15, 0.2) is 0 Å². The van der Waals surface area contributed by atoms with E-state index in [0.29, 0.717) is 5.69 Å². The topological polar surface area (TPSA) is 33.5 Å². The zero-order valence-corrected chi connectivity index (χ0v) is 7.81. The summed E-state index contributed by atoms with van der Waals surface area (Å²) < 4.78 is 12.7. The highest BCUT2D eigenvalue weighted by atomic mass is 35.5. The van der Waals surface area contributed by atoms with E-state index in [4.69, 9.17) is 18.2 Å². The van der Waals surface area contributed by atoms with Gasteiger partial charge in [0.1, 0.15) is 5.82 Å². The number of hydrogen-bond donors (Lipinski definition) is 1. The third kappa shape index (κ3) is 2.71. The van der Waals surface area contributed by atoms with E-state index in [2.05, 4.69) is 10.2 Å². The second-order valence-corrected chi connectivity index (χ2v) is 2.90. The van der Waals surface area contributed by atoms with Crippen molar-refractivity contribution < 1.29 is 9.18 Å². The maximum Gasteiger partial charge on any atom is 0.304 e. The SMILES string of the molecule is [C-]#[N+]CC(=O)Nc1ccc(F)c(Cl)c1. The van der Waals surface area contributed by atoms with Gasteiger partial charge in [-0.15, -0.1) is 0 Å². The highest BCUT2D eigenvalue weighted by molar-refractivity contribution is 6.31. The first-order chi connectivity index (χ1) is 6.63. The van der Waals surface area contributed by atoms with Crippen LogP contribution in [0.15, 0.2) is 18.2 Å². The molecule has 14 heavy (non-hydrogen) atoms. The number of carbonyl (C=O) groups excluding carboxylic acids is 1. The van der Waals surface area contributed by atoms with Gasteiger partial charge in [-0.05, 0) is 18.2 Å². The molecule has 1 aromatic carbocycles. The van der Waals surface area contributed by atoms with Crippen molar-refractivity contribution in [3.05, 3.63) is 40.5 Å². The quantitative estimate of drug-likeness (QED) is 0.750. The predicted molar refractivity (Wildman–Crippen MR) is 51.5 cm³/mol. The summed E-state index contributed by atoms with van der Waals surface area (Å²) in [6.45, 7) is 6.20. The molecule has 0 aromatic heterocycles. The normalized spacial score (nSPS) is 9.21. The van der Waals surface area contributed by atoms with Gasteiger partial charge in [0.2, 0.25) is 0 Å². The molecule has 0 atom stereocenters. The largest absolute Gasteiger partial charge is 0.320 e. The van der Waals surface area contributed by atoms with Crippen molar-refractivity contribution in [2.24, 2.45) is 0 Å². The van der Waals surface area contributed by atoms with Crippen molar-refractivity contribution in [2.45, 2.75) is 0 Å². The summed E-state index contributed by atoms with van der Waals surface area (Å²) in [6, 6.07) is 3.82. The van der Waals surface area contributed by atoms with Crippen LogP contribution in [0.3, 0.4) is 0 Å². The highest BCUT2D eigenvalue weighted by Gasteiger charge is 2.06. The standard InChI is InChI=1S/C9H6ClFN2O/c1-12-5-9(14)13-6-2-3-8(11)7(10)4-6/h2-4H,5H2,(H,13,14). The van der Waals surface area contributed by atoms with Crippen molar-refractivity contribution in [3.63, 3.8) is 0 Å². The number of nitrogens with one attached hydrogen (secondary N) is 1. The lowest BCUT2D eigenvalue weighted by atomic mass is 10.3. The summed E-state index contributed by atoms with van der Waals surface area (Å²) >= 11 is 5.49. The molecule has 0 bridgehead atoms. The molecule has 3 nitrogen and oxygen atoms in total. The molecule has 0 heterocycles. The number of halogens is 2. The van der Waals surface area contributed by atoms with Crippen LogP contribution in [-0.4, -0.2) is 12.5 Å². The van der Waals surface area contributed by atoms with Crippen molar-refractivity contribution >= 4 is 23.2 Å². The average molecular weight is 213 g/mol. The number of carbonyl (C=O) groups is 1. The van der Waals surface area contributed by atoms with E-state index in [0.717, 1.165) is 6.07 Å². The van der Waals surface area contributed by atoms with E-state index in [-0.39, 0.29) is 11.6 Å². The Morgan fingerprint density at radius 3 is 2.93 bits per heavy atom. The highest BCUT2D eigenvalue weighted by Crippen LogP contribution is 2.19. The molecule has 0 fully saturated rings. The molecule has 0 saturated heterocycles. The van der Waals surface area contributed by atoms with Crippen LogP contribution in [0.5, 0.6) is 0 Å². The molecule has 0 saturated carbocycles. The number of nitrogens with zero attached hydrogens (tertiary/aromatic N) is 1. The Morgan fingerprint density at radius 1 is 1.64 bits per heavy atom. The van der Waals surface area contributed by atoms with Crippen LogP contribution in [0.2, 0.25) is 5.02 Å². The van der Waals surface area contributed by atoms with Crippen molar-refractivity contribution in [1.29, 1.82) is 0 Å². The van der Waals surface area contributed by atoms with Gasteiger partial charge in [-0.25, -0.2) is 11.0 Å². The van der Waals surface area contributed by atoms with Crippen LogP contribution in [0.4, 0.5) is 10.1 Å². The zero-order valence-electron chi connectivity index (χ0n) is 7.05. The monoisotopic (exact) mass is 212 g/mol. The maximum atomic E-state index is 12.7. The molecule has 0 radical (unpaired) electrons. The fraction of sp³-hybridized carbons (Fsp3) is 0.111. The Bertz CT molecular complexity index is 400. The lowest BCUT2D eigenvalue weighted by molar-refractivity contribution is -0.114. The first-order valence-corrected chi connectivity index (χ1v) is 4.09. The van der Waals surface area contributed by atoms with Crippen LogP contribution in [0.25, 0.3) is 4.85 Å². The molecule has 0 aliphatic carbocycles. The van der Waals surface area contributed by atoms with Gasteiger partial charge in [0.25, 0.3) is 6.54 Å². The number of rotatable bonds is 2. The minimum atomic E-state index is -0.546. The fourth-order valence-electron chi connectivity index (χ4n) is 0.846. The lowest BCUT2D eigenvalue weighted by Gasteiger charge is -2.01. The molecule has 0 aliphatic rings. The van der Waals surface area contributed by atoms with Crippen LogP contribution >= 0.6 is 11.6 Å². The van der Waals surface area contributed by atoms with Crippen molar-refractivity contribution in [3.8, 4) is 0 Å². The molecule has 1 N–H and O–H groups in total. The zero-order chi connectivity index (χ0) is 10.6. The van der Waals surface area contributed by atoms with Gasteiger partial charge in [-0.1, -0.05) is 11.6 Å². The molecule has 5 heteroatoms. The first kappa shape index (κ1) is 10.5. The lowest BCUT2D eigenvalue weighted by Crippen LogP contribution is -2.13. The van der Waals surface area contributed by atoms with Gasteiger partial charge in [0, 0.05) is 5.69 Å². The third-order valence-corrected chi connectivity index (χ3v) is 1.72. The summed E-state index contributed by atoms with van der Waals surface area (Å²) in [5, 5.41) is 2.34. The Hall–Kier alpha value is -1.60. The Morgan fingerprint density at radius 2 is 2.36 bits per heavy atom. The van der Waals surface area contributed by atoms with Gasteiger partial charge in [-0.2, -0.15) is 0 Å². The maximum absolute atomic E-state index is 12.7. The number of benzene rings is 1. The van der Waals surface area contributed by atoms with Crippen LogP contribution in [-0.2, 0) is 4.79 Å². The number of anilines is 1. The molecule has 1 aromatic rings. The average Bonchev–Trinajstić information content (AvgIpc) is 2.12. The minimum Gasteiger partial charge on any atom is -0.320 e. The summed E-state index contributed by atoms with van der Waals surface area (Å²) in [6.07, 6.45) is 0. The van der Waals surface area contributed by atoms with Gasteiger partial charge < -0.3 is 10.2 Å². The van der Waals surface area contributed by atoms with Gasteiger partial charge in [-0.3, -0.25) is 4.79 Å². The third-order valence-electron chi connectivity index (χ3n) is 1.43. The van der Waals surface area contributed by atoms with Crippen LogP contribution < -0.4 is 5.32 Å². The summed E-state index contributed by atoms with van der Waals surface area (Å²) in [4.78, 5) is 13.8. The number of hydrogen-bond acceptors (Lipinski definition) is 1. The van der Waals surface area contributed by atoms with E-state index in [9.17, 15) is 9.18 Å². The van der Waals surface area contributed by atoms with Crippen LogP contribution in [0.1, 0.15) is 0 Å². The molecule has 0 aliphatic heterocycles. The summed E-state index contributed by atoms with van der Waals surface area (Å²) in [5.41, 5.74) is 0.380. The Kier molecular flexibility index (Phi) is 3.43. The van der Waals surface area contributed by atoms with E-state index in [1.54, 1.807) is 0 Å². The van der Waals surface area contributed by atoms with Gasteiger partial charge >= 0.3 is 5.91 Å². The van der Waals surface area contributed by atoms with E-state index in [1.807, 2.05) is 0 Å². The van der Waals surface area contributed by atoms with Crippen LogP contribution in [0, 0.1) is 12.4 Å². The minimum absolute atomic E-state index is 0.0642. The summed E-state index contributed by atoms with van der Waals surface area (Å²) in [5.74, 6) is -0.988. The Balaban J connectivity index is 2.74. The Labute approximate surface area is 85.3 Å². The summed E-state index contributed by atoms with van der Waals surface area (Å²) in [7, 11) is 0. The van der Waals surface area contributed by atoms with E-state index >= 15 is 0 Å². The molecule has 1 rings (SSSR count). The molecule has 72 valence electrons. The second-order valence-electron chi connectivity index (χ2n) is 2.49. The van der Waals surface area contributed by atoms with Gasteiger partial charge in [0.05, 0.1) is 5.02 Å². The predicted octanol–water partition coefficient (Wildman–Crippen LogP) is 2.34. The fourth-order valence-corrected chi connectivity index (χ4v) is 1.03.